The van der Waals surface area contributed by atoms with Gasteiger partial charge in [-0.15, -0.1) is 0 Å². The lowest BCUT2D eigenvalue weighted by atomic mass is 10.1. The van der Waals surface area contributed by atoms with Gasteiger partial charge in [0, 0.05) is 12.4 Å². The number of nitrogens with two attached hydrogens (primary N) is 1. The fraction of sp³-hybridized carbons (Fsp3) is 0.125. The van der Waals surface area contributed by atoms with E-state index in [2.05, 4.69) is 11.7 Å². The molecule has 2 rings (SSSR count). The molecule has 0 bridgehead atoms. The van der Waals surface area contributed by atoms with Gasteiger partial charge in [-0.1, -0.05) is 12.1 Å². The van der Waals surface area contributed by atoms with Crippen molar-refractivity contribution in [3.63, 3.8) is 0 Å². The topological polar surface area (TPSA) is 76.4 Å². The van der Waals surface area contributed by atoms with E-state index < -0.39 is 0 Å². The van der Waals surface area contributed by atoms with Crippen molar-refractivity contribution in [1.29, 1.82) is 5.41 Å². The highest BCUT2D eigenvalue weighted by Gasteiger charge is 2.05. The van der Waals surface area contributed by atoms with E-state index in [0.29, 0.717) is 16.9 Å². The lowest BCUT2D eigenvalue weighted by molar-refractivity contribution is 0.331. The number of nitrogens with one attached hydrogen (secondary N) is 1. The monoisotopic (exact) mass is 282 g/mol. The van der Waals surface area contributed by atoms with Gasteiger partial charge in [-0.05, 0) is 49.0 Å². The Morgan fingerprint density at radius 3 is 2.76 bits per heavy atom. The van der Waals surface area contributed by atoms with E-state index in [4.69, 9.17) is 15.9 Å². The van der Waals surface area contributed by atoms with Crippen LogP contribution in [0.4, 0.5) is 5.69 Å². The summed E-state index contributed by atoms with van der Waals surface area (Å²) in [6, 6.07) is 9.28. The molecule has 0 atom stereocenters. The summed E-state index contributed by atoms with van der Waals surface area (Å²) < 4.78 is 7.05. The Labute approximate surface area is 123 Å². The van der Waals surface area contributed by atoms with Gasteiger partial charge in [-0.25, -0.2) is 0 Å². The van der Waals surface area contributed by atoms with Crippen LogP contribution < -0.4 is 16.0 Å². The molecule has 0 aliphatic heterocycles. The highest BCUT2D eigenvalue weighted by molar-refractivity contribution is 5.71. The summed E-state index contributed by atoms with van der Waals surface area (Å²) in [7, 11) is 0. The number of pyridine rings is 1. The second kappa shape index (κ2) is 6.67. The largest absolute Gasteiger partial charge is 0.476 e. The number of benzene rings is 1. The van der Waals surface area contributed by atoms with Gasteiger partial charge >= 0.3 is 0 Å². The third kappa shape index (κ3) is 3.27. The number of aromatic nitrogens is 1. The fourth-order valence-electron chi connectivity index (χ4n) is 2.00. The highest BCUT2D eigenvalue weighted by Crippen LogP contribution is 2.32. The van der Waals surface area contributed by atoms with E-state index in [1.54, 1.807) is 10.6 Å². The molecule has 0 saturated heterocycles. The minimum atomic E-state index is 0.0939. The van der Waals surface area contributed by atoms with Crippen LogP contribution in [0.15, 0.2) is 47.6 Å². The number of ether oxygens (including phenoxy) is 1. The first-order valence-corrected chi connectivity index (χ1v) is 6.53. The molecule has 5 nitrogen and oxygen atoms in total. The number of nitrogens with zero attached hydrogens (tertiary/aromatic N) is 2. The summed E-state index contributed by atoms with van der Waals surface area (Å²) in [5.41, 5.74) is 8.40. The van der Waals surface area contributed by atoms with Crippen LogP contribution in [0, 0.1) is 5.41 Å². The summed E-state index contributed by atoms with van der Waals surface area (Å²) >= 11 is 0. The van der Waals surface area contributed by atoms with Gasteiger partial charge in [-0.2, -0.15) is 0 Å². The van der Waals surface area contributed by atoms with Crippen molar-refractivity contribution in [3.8, 4) is 16.9 Å². The second-order valence-corrected chi connectivity index (χ2v) is 4.34. The summed E-state index contributed by atoms with van der Waals surface area (Å²) in [5, 5.41) is 7.85. The quantitative estimate of drug-likeness (QED) is 0.653. The first kappa shape index (κ1) is 14.7. The Hall–Kier alpha value is -2.66. The zero-order chi connectivity index (χ0) is 15.2. The zero-order valence-corrected chi connectivity index (χ0v) is 11.9. The first-order chi connectivity index (χ1) is 10.2. The Morgan fingerprint density at radius 2 is 2.10 bits per heavy atom. The molecule has 1 aromatic carbocycles. The number of aliphatic imine (C=N–C) groups is 1. The van der Waals surface area contributed by atoms with Crippen LogP contribution >= 0.6 is 0 Å². The molecule has 0 saturated carbocycles. The predicted molar refractivity (Wildman–Crippen MR) is 85.6 cm³/mol. The van der Waals surface area contributed by atoms with Crippen molar-refractivity contribution in [2.45, 2.75) is 6.92 Å². The van der Waals surface area contributed by atoms with Crippen LogP contribution in [0.25, 0.3) is 17.3 Å². The molecule has 0 radical (unpaired) electrons. The maximum absolute atomic E-state index is 7.85. The van der Waals surface area contributed by atoms with Gasteiger partial charge in [0.1, 0.15) is 23.7 Å². The van der Waals surface area contributed by atoms with Crippen LogP contribution in [0.1, 0.15) is 6.92 Å². The standard InChI is InChI=1S/C16H18N4O/c1-3-8-20-10-13(5-7-16(20)18)12-4-6-15(21-11-17)14(9-12)19-2/h3-10,18H,2,11,17H2,1H3/b8-3+,18-16?. The van der Waals surface area contributed by atoms with Crippen LogP contribution in [0.2, 0.25) is 0 Å². The zero-order valence-electron chi connectivity index (χ0n) is 11.9. The Balaban J connectivity index is 2.49. The summed E-state index contributed by atoms with van der Waals surface area (Å²) in [5.74, 6) is 0.606. The first-order valence-electron chi connectivity index (χ1n) is 6.53. The number of hydrogen-bond acceptors (Lipinski definition) is 4. The number of allylic oxidation sites excluding steroid dienone is 1. The average molecular weight is 282 g/mol. The van der Waals surface area contributed by atoms with Gasteiger partial charge in [0.05, 0.1) is 0 Å². The van der Waals surface area contributed by atoms with E-state index in [-0.39, 0.29) is 6.73 Å². The van der Waals surface area contributed by atoms with E-state index >= 15 is 0 Å². The predicted octanol–water partition coefficient (Wildman–Crippen LogP) is 2.75. The Morgan fingerprint density at radius 1 is 1.33 bits per heavy atom. The van der Waals surface area contributed by atoms with Crippen molar-refractivity contribution in [2.75, 3.05) is 6.73 Å². The van der Waals surface area contributed by atoms with Gasteiger partial charge in [0.25, 0.3) is 0 Å². The maximum atomic E-state index is 7.85. The molecule has 0 unspecified atom stereocenters. The molecular weight excluding hydrogens is 264 g/mol. The van der Waals surface area contributed by atoms with Crippen molar-refractivity contribution in [2.24, 2.45) is 10.7 Å². The summed E-state index contributed by atoms with van der Waals surface area (Å²) in [4.78, 5) is 3.96. The van der Waals surface area contributed by atoms with Crippen molar-refractivity contribution < 1.29 is 4.74 Å². The third-order valence-corrected chi connectivity index (χ3v) is 2.99. The molecule has 21 heavy (non-hydrogen) atoms. The van der Waals surface area contributed by atoms with Crippen LogP contribution in [0.5, 0.6) is 5.75 Å². The van der Waals surface area contributed by atoms with E-state index in [1.165, 1.54) is 0 Å². The molecule has 0 spiro atoms. The molecule has 108 valence electrons. The molecule has 3 N–H and O–H groups in total. The fourth-order valence-corrected chi connectivity index (χ4v) is 2.00. The average Bonchev–Trinajstić information content (AvgIpc) is 2.50. The van der Waals surface area contributed by atoms with E-state index in [1.807, 2.05) is 49.7 Å². The van der Waals surface area contributed by atoms with Crippen LogP contribution in [-0.4, -0.2) is 18.0 Å². The normalized spacial score (nSPS) is 10.8. The summed E-state index contributed by atoms with van der Waals surface area (Å²) in [6.07, 6.45) is 5.62. The van der Waals surface area contributed by atoms with Crippen LogP contribution in [-0.2, 0) is 0 Å². The van der Waals surface area contributed by atoms with Crippen molar-refractivity contribution in [1.82, 2.24) is 4.57 Å². The molecule has 2 aromatic rings. The molecule has 0 amide bonds. The van der Waals surface area contributed by atoms with Crippen molar-refractivity contribution >= 4 is 18.6 Å². The van der Waals surface area contributed by atoms with Crippen LogP contribution in [0.3, 0.4) is 0 Å². The lowest BCUT2D eigenvalue weighted by Gasteiger charge is -2.10. The smallest absolute Gasteiger partial charge is 0.146 e. The van der Waals surface area contributed by atoms with Crippen molar-refractivity contribution in [3.05, 3.63) is 48.1 Å². The minimum Gasteiger partial charge on any atom is -0.476 e. The van der Waals surface area contributed by atoms with E-state index in [9.17, 15) is 0 Å². The molecule has 1 heterocycles. The van der Waals surface area contributed by atoms with Gasteiger partial charge in [-0.3, -0.25) is 16.1 Å². The molecule has 0 aliphatic carbocycles. The van der Waals surface area contributed by atoms with E-state index in [0.717, 1.165) is 11.1 Å². The van der Waals surface area contributed by atoms with Gasteiger partial charge in [0.2, 0.25) is 0 Å². The van der Waals surface area contributed by atoms with Gasteiger partial charge in [0.15, 0.2) is 0 Å². The minimum absolute atomic E-state index is 0.0939. The SMILES string of the molecule is C=Nc1cc(-c2ccc(=N)n(/C=C/C)c2)ccc1OCN. The summed E-state index contributed by atoms with van der Waals surface area (Å²) in [6.45, 7) is 5.56. The number of rotatable bonds is 5. The second-order valence-electron chi connectivity index (χ2n) is 4.34. The Bertz CT molecular complexity index is 731. The molecular formula is C16H18N4O. The molecule has 5 heteroatoms. The molecule has 0 aliphatic rings. The number of hydrogen-bond donors (Lipinski definition) is 2. The molecule has 0 fully saturated rings. The molecule has 1 aromatic heterocycles. The Kier molecular flexibility index (Phi) is 4.68. The highest BCUT2D eigenvalue weighted by atomic mass is 16.5. The lowest BCUT2D eigenvalue weighted by Crippen LogP contribution is -2.13. The third-order valence-electron chi connectivity index (χ3n) is 2.99. The maximum Gasteiger partial charge on any atom is 0.146 e. The van der Waals surface area contributed by atoms with Gasteiger partial charge < -0.3 is 9.30 Å².